The van der Waals surface area contributed by atoms with E-state index in [4.69, 9.17) is 15.6 Å². The van der Waals surface area contributed by atoms with Crippen molar-refractivity contribution in [1.82, 2.24) is 0 Å². The summed E-state index contributed by atoms with van der Waals surface area (Å²) in [5.41, 5.74) is 7.45. The summed E-state index contributed by atoms with van der Waals surface area (Å²) in [5, 5.41) is 16.7. The van der Waals surface area contributed by atoms with E-state index < -0.39 is 32.2 Å². The highest BCUT2D eigenvalue weighted by molar-refractivity contribution is 7.89. The lowest BCUT2D eigenvalue weighted by molar-refractivity contribution is -0.384. The number of hydrogen-bond donors (Lipinski definition) is 2. The number of hydrogen-bond acceptors (Lipinski definition) is 9. The van der Waals surface area contributed by atoms with Crippen molar-refractivity contribution in [3.63, 3.8) is 0 Å². The molecule has 194 valence electrons. The van der Waals surface area contributed by atoms with Crippen molar-refractivity contribution in [2.45, 2.75) is 37.5 Å². The van der Waals surface area contributed by atoms with Crippen LogP contribution in [0.25, 0.3) is 0 Å². The van der Waals surface area contributed by atoms with Gasteiger partial charge in [0, 0.05) is 35.5 Å². The van der Waals surface area contributed by atoms with Gasteiger partial charge in [-0.25, -0.2) is 18.4 Å². The molecule has 0 amide bonds. The molecule has 1 heterocycles. The third kappa shape index (κ3) is 4.72. The van der Waals surface area contributed by atoms with E-state index in [9.17, 15) is 28.1 Å². The van der Waals surface area contributed by atoms with Gasteiger partial charge in [0.2, 0.25) is 10.0 Å². The molecule has 0 aromatic heterocycles. The number of Topliss-reactive ketones (excluding diaryl/α,β-unsaturated/α-hetero) is 1. The largest absolute Gasteiger partial charge is 0.466 e. The predicted octanol–water partition coefficient (Wildman–Crippen LogP) is 2.83. The number of carbonyl (C=O) groups is 2. The number of rotatable bonds is 5. The van der Waals surface area contributed by atoms with Gasteiger partial charge in [0.1, 0.15) is 5.82 Å². The first-order chi connectivity index (χ1) is 17.2. The van der Waals surface area contributed by atoms with Gasteiger partial charge in [0.05, 0.1) is 28.4 Å². The summed E-state index contributed by atoms with van der Waals surface area (Å²) in [4.78, 5) is 39.1. The van der Waals surface area contributed by atoms with Crippen molar-refractivity contribution in [3.05, 3.63) is 86.9 Å². The minimum absolute atomic E-state index is 0.0315. The van der Waals surface area contributed by atoms with Gasteiger partial charge in [-0.3, -0.25) is 19.8 Å². The Kier molecular flexibility index (Phi) is 6.42. The fourth-order valence-electron chi connectivity index (χ4n) is 4.95. The number of anilines is 1. The number of ether oxygens (including phenoxy) is 1. The summed E-state index contributed by atoms with van der Waals surface area (Å²) < 4.78 is 28.6. The highest BCUT2D eigenvalue weighted by Crippen LogP contribution is 2.50. The Hall–Kier alpha value is -4.03. The lowest BCUT2D eigenvalue weighted by Crippen LogP contribution is -2.43. The summed E-state index contributed by atoms with van der Waals surface area (Å²) in [6.07, 6.45) is 0.579. The van der Waals surface area contributed by atoms with Crippen molar-refractivity contribution < 1.29 is 27.7 Å². The van der Waals surface area contributed by atoms with Gasteiger partial charge >= 0.3 is 5.97 Å². The van der Waals surface area contributed by atoms with E-state index in [2.05, 4.69) is 0 Å². The molecule has 0 spiro atoms. The van der Waals surface area contributed by atoms with Crippen LogP contribution in [0.3, 0.4) is 0 Å². The molecule has 1 aliphatic carbocycles. The molecule has 11 nitrogen and oxygen atoms in total. The van der Waals surface area contributed by atoms with Crippen molar-refractivity contribution in [1.29, 1.82) is 0 Å². The fraction of sp³-hybridized carbons (Fsp3) is 0.280. The van der Waals surface area contributed by atoms with Gasteiger partial charge in [-0.2, -0.15) is 0 Å². The van der Waals surface area contributed by atoms with Crippen molar-refractivity contribution >= 4 is 33.2 Å². The average molecular weight is 527 g/mol. The monoisotopic (exact) mass is 526 g/mol. The molecule has 0 bridgehead atoms. The molecule has 4 N–H and O–H groups in total. The molecular formula is C25H26N4O7S. The summed E-state index contributed by atoms with van der Waals surface area (Å²) in [7, 11) is -2.78. The Bertz CT molecular complexity index is 1490. The van der Waals surface area contributed by atoms with Crippen LogP contribution < -0.4 is 15.8 Å². The number of non-ortho nitro benzene ring substituents is 1. The Labute approximate surface area is 213 Å². The molecule has 4 rings (SSSR count). The summed E-state index contributed by atoms with van der Waals surface area (Å²) >= 11 is 0. The number of nitro benzene ring substituents is 1. The molecule has 37 heavy (non-hydrogen) atoms. The summed E-state index contributed by atoms with van der Waals surface area (Å²) in [6, 6.07) is 11.3. The summed E-state index contributed by atoms with van der Waals surface area (Å²) in [5.74, 6) is -2.06. The smallest absolute Gasteiger partial charge is 0.338 e. The van der Waals surface area contributed by atoms with E-state index in [-0.39, 0.29) is 39.8 Å². The second-order valence-corrected chi connectivity index (χ2v) is 11.3. The number of primary sulfonamides is 1. The number of esters is 1. The fourth-order valence-corrected chi connectivity index (χ4v) is 5.47. The highest BCUT2D eigenvalue weighted by atomic mass is 32.2. The molecule has 1 aliphatic heterocycles. The van der Waals surface area contributed by atoms with Crippen LogP contribution in [0.4, 0.5) is 11.4 Å². The number of ketones is 1. The number of methoxy groups -OCH3 is 1. The van der Waals surface area contributed by atoms with E-state index in [0.717, 1.165) is 0 Å². The van der Waals surface area contributed by atoms with Gasteiger partial charge in [0.25, 0.3) is 5.69 Å². The van der Waals surface area contributed by atoms with Gasteiger partial charge in [-0.15, -0.1) is 0 Å². The van der Waals surface area contributed by atoms with E-state index in [1.807, 2.05) is 13.8 Å². The second kappa shape index (κ2) is 9.12. The summed E-state index contributed by atoms with van der Waals surface area (Å²) in [6.45, 7) is 3.85. The third-order valence-electron chi connectivity index (χ3n) is 6.50. The van der Waals surface area contributed by atoms with Crippen LogP contribution in [0.5, 0.6) is 0 Å². The number of nitrogens with two attached hydrogens (primary N) is 2. The van der Waals surface area contributed by atoms with Crippen LogP contribution in [0, 0.1) is 15.5 Å². The van der Waals surface area contributed by atoms with Gasteiger partial charge in [0.15, 0.2) is 5.78 Å². The zero-order valence-corrected chi connectivity index (χ0v) is 21.2. The first-order valence-electron chi connectivity index (χ1n) is 11.3. The number of carbonyl (C=O) groups excluding carboxylic acids is 2. The number of benzene rings is 2. The van der Waals surface area contributed by atoms with Gasteiger partial charge in [-0.05, 0) is 41.7 Å². The van der Waals surface area contributed by atoms with Gasteiger partial charge in [-0.1, -0.05) is 26.0 Å². The highest BCUT2D eigenvalue weighted by Gasteiger charge is 2.46. The number of nitro groups is 1. The van der Waals surface area contributed by atoms with Crippen molar-refractivity contribution in [2.75, 3.05) is 12.0 Å². The minimum Gasteiger partial charge on any atom is -0.466 e. The van der Waals surface area contributed by atoms with Crippen molar-refractivity contribution in [3.8, 4) is 0 Å². The number of allylic oxidation sites excluding steroid dienone is 2. The molecule has 2 aromatic rings. The third-order valence-corrected chi connectivity index (χ3v) is 7.43. The molecule has 2 aliphatic rings. The molecule has 1 unspecified atom stereocenters. The Morgan fingerprint density at radius 2 is 1.81 bits per heavy atom. The zero-order valence-electron chi connectivity index (χ0n) is 20.4. The normalized spacial score (nSPS) is 19.5. The van der Waals surface area contributed by atoms with Crippen LogP contribution in [-0.4, -0.2) is 32.2 Å². The van der Waals surface area contributed by atoms with Gasteiger partial charge < -0.3 is 10.5 Å². The SMILES string of the molecule is COC(=O)C1=C(N)N(c2ccc(S(N)(=O)=O)cc2)C2=C(C(=O)CC(C)(C)C2)C1c1cccc([N+](=O)[O-])c1. The average Bonchev–Trinajstić information content (AvgIpc) is 2.81. The number of sulfonamides is 1. The maximum absolute atomic E-state index is 13.6. The first kappa shape index (κ1) is 26.0. The zero-order chi connectivity index (χ0) is 27.3. The molecule has 2 aromatic carbocycles. The maximum atomic E-state index is 13.6. The molecule has 1 atom stereocenters. The van der Waals surface area contributed by atoms with Crippen molar-refractivity contribution in [2.24, 2.45) is 16.3 Å². The Morgan fingerprint density at radius 3 is 2.38 bits per heavy atom. The van der Waals surface area contributed by atoms with Crippen LogP contribution >= 0.6 is 0 Å². The lowest BCUT2D eigenvalue weighted by Gasteiger charge is -2.44. The molecular weight excluding hydrogens is 500 g/mol. The molecule has 0 radical (unpaired) electrons. The quantitative estimate of drug-likeness (QED) is 0.337. The first-order valence-corrected chi connectivity index (χ1v) is 12.8. The number of nitrogens with zero attached hydrogens (tertiary/aromatic N) is 2. The Morgan fingerprint density at radius 1 is 1.16 bits per heavy atom. The Balaban J connectivity index is 2.02. The van der Waals surface area contributed by atoms with Crippen LogP contribution in [-0.2, 0) is 24.3 Å². The van der Waals surface area contributed by atoms with E-state index in [0.29, 0.717) is 23.4 Å². The predicted molar refractivity (Wildman–Crippen MR) is 134 cm³/mol. The molecule has 0 saturated carbocycles. The van der Waals surface area contributed by atoms with Crippen LogP contribution in [0.15, 0.2) is 76.1 Å². The molecule has 12 heteroatoms. The van der Waals surface area contributed by atoms with Crippen LogP contribution in [0.2, 0.25) is 0 Å². The van der Waals surface area contributed by atoms with E-state index in [1.54, 1.807) is 11.0 Å². The lowest BCUT2D eigenvalue weighted by atomic mass is 9.68. The minimum atomic E-state index is -3.96. The van der Waals surface area contributed by atoms with E-state index in [1.165, 1.54) is 49.6 Å². The second-order valence-electron chi connectivity index (χ2n) is 9.75. The topological polar surface area (TPSA) is 176 Å². The molecule has 0 saturated heterocycles. The maximum Gasteiger partial charge on any atom is 0.338 e. The van der Waals surface area contributed by atoms with E-state index >= 15 is 0 Å². The molecule has 0 fully saturated rings. The van der Waals surface area contributed by atoms with Crippen LogP contribution in [0.1, 0.15) is 38.2 Å². The standard InChI is InChI=1S/C25H26N4O7S/c1-25(2)12-18-21(19(30)13-25)20(14-5-4-6-16(11-14)29(32)33)22(24(31)36-3)23(26)28(18)15-7-9-17(10-8-15)37(27,34)35/h4-11,20H,12-13,26H2,1-3H3,(H2,27,34,35).